The molecule has 0 heterocycles. The van der Waals surface area contributed by atoms with Crippen LogP contribution in [0.1, 0.15) is 6.92 Å². The van der Waals surface area contributed by atoms with Crippen molar-refractivity contribution in [2.75, 3.05) is 13.1 Å². The summed E-state index contributed by atoms with van der Waals surface area (Å²) < 4.78 is 0. The summed E-state index contributed by atoms with van der Waals surface area (Å²) in [5, 5.41) is 2.89. The Morgan fingerprint density at radius 3 is 2.40 bits per heavy atom. The Hall–Kier alpha value is -0.0400. The minimum absolute atomic E-state index is 0.594. The Balaban J connectivity index is 2.19. The third kappa shape index (κ3) is 3.96. The van der Waals surface area contributed by atoms with Crippen LogP contribution in [0.3, 0.4) is 0 Å². The fourth-order valence-corrected chi connectivity index (χ4v) is 0.144. The third-order valence-electron chi connectivity index (χ3n) is 0.394. The highest BCUT2D eigenvalue weighted by molar-refractivity contribution is 4.39. The molecule has 0 aliphatic carbocycles. The second-order valence-electron chi connectivity index (χ2n) is 0.808. The van der Waals surface area contributed by atoms with Gasteiger partial charge >= 0.3 is 0 Å². The molecule has 0 spiro atoms. The molecule has 0 aromatic rings. The summed E-state index contributed by atoms with van der Waals surface area (Å²) in [4.78, 5) is 0. The zero-order chi connectivity index (χ0) is 4.12. The first-order valence-corrected chi connectivity index (χ1v) is 1.82. The molecule has 2 radical (unpaired) electrons. The molecule has 0 bridgehead atoms. The van der Waals surface area contributed by atoms with Crippen LogP contribution in [0.5, 0.6) is 0 Å². The number of hydrogen-bond donors (Lipinski definition) is 1. The van der Waals surface area contributed by atoms with Crippen LogP contribution in [0.15, 0.2) is 0 Å². The summed E-state index contributed by atoms with van der Waals surface area (Å²) in [5.74, 6) is 0. The van der Waals surface area contributed by atoms with Gasteiger partial charge in [0.05, 0.1) is 0 Å². The summed E-state index contributed by atoms with van der Waals surface area (Å²) in [6.07, 6.45) is 0. The number of hydrogen-bond acceptors (Lipinski definition) is 1. The molecule has 0 aliphatic heterocycles. The molecule has 1 N–H and O–H groups in total. The van der Waals surface area contributed by atoms with Gasteiger partial charge in [-0.25, -0.2) is 0 Å². The summed E-state index contributed by atoms with van der Waals surface area (Å²) in [5.41, 5.74) is 0. The van der Waals surface area contributed by atoms with Crippen LogP contribution >= 0.6 is 0 Å². The maximum atomic E-state index is 5.03. The lowest BCUT2D eigenvalue weighted by molar-refractivity contribution is 0.798. The Kier molecular flexibility index (Phi) is 3.93. The van der Waals surface area contributed by atoms with Crippen molar-refractivity contribution in [3.63, 3.8) is 0 Å². The zero-order valence-electron chi connectivity index (χ0n) is 3.49. The van der Waals surface area contributed by atoms with Gasteiger partial charge in [-0.05, 0) is 20.0 Å². The van der Waals surface area contributed by atoms with Gasteiger partial charge in [0.25, 0.3) is 0 Å². The van der Waals surface area contributed by atoms with Gasteiger partial charge in [-0.3, -0.25) is 0 Å². The van der Waals surface area contributed by atoms with Gasteiger partial charge in [0.2, 0.25) is 0 Å². The van der Waals surface area contributed by atoms with E-state index in [1.54, 1.807) is 0 Å². The van der Waals surface area contributed by atoms with Crippen LogP contribution in [0.2, 0.25) is 0 Å². The Labute approximate surface area is 33.4 Å². The second kappa shape index (κ2) is 3.96. The van der Waals surface area contributed by atoms with Gasteiger partial charge in [-0.1, -0.05) is 6.92 Å². The predicted molar refractivity (Wildman–Crippen MR) is 22.8 cm³/mol. The van der Waals surface area contributed by atoms with Gasteiger partial charge < -0.3 is 5.32 Å². The summed E-state index contributed by atoms with van der Waals surface area (Å²) >= 11 is 0. The zero-order valence-corrected chi connectivity index (χ0v) is 3.49. The molecule has 0 aromatic heterocycles. The molecule has 0 saturated carbocycles. The first-order chi connectivity index (χ1) is 2.41. The van der Waals surface area contributed by atoms with Gasteiger partial charge in [-0.2, -0.15) is 0 Å². The van der Waals surface area contributed by atoms with Crippen molar-refractivity contribution in [1.82, 2.24) is 5.32 Å². The third-order valence-corrected chi connectivity index (χ3v) is 0.394. The standard InChI is InChI=1S/C4H9N/c1-3-5-4-2/h1,5H,3-4H2,2H3. The maximum absolute atomic E-state index is 5.03. The molecule has 0 atom stereocenters. The van der Waals surface area contributed by atoms with Crippen molar-refractivity contribution in [3.8, 4) is 0 Å². The van der Waals surface area contributed by atoms with Crippen molar-refractivity contribution >= 4 is 0 Å². The summed E-state index contributed by atoms with van der Waals surface area (Å²) in [7, 11) is 0. The SMILES string of the molecule is [CH]CNCC. The van der Waals surface area contributed by atoms with E-state index in [4.69, 9.17) is 6.92 Å². The smallest absolute Gasteiger partial charge is 0.00141 e. The van der Waals surface area contributed by atoms with E-state index in [0.717, 1.165) is 6.54 Å². The lowest BCUT2D eigenvalue weighted by Gasteiger charge is -1.85. The molecule has 0 rings (SSSR count). The first kappa shape index (κ1) is 4.96. The lowest BCUT2D eigenvalue weighted by atomic mass is 10.7. The van der Waals surface area contributed by atoms with Gasteiger partial charge in [-0.15, -0.1) is 0 Å². The van der Waals surface area contributed by atoms with Crippen LogP contribution in [-0.4, -0.2) is 13.1 Å². The molecule has 0 amide bonds. The molecule has 0 unspecified atom stereocenters. The monoisotopic (exact) mass is 71.1 g/mol. The number of rotatable bonds is 2. The first-order valence-electron chi connectivity index (χ1n) is 1.82. The lowest BCUT2D eigenvalue weighted by Crippen LogP contribution is -2.10. The molecule has 1 heteroatoms. The highest BCUT2D eigenvalue weighted by Crippen LogP contribution is 1.46. The summed E-state index contributed by atoms with van der Waals surface area (Å²) in [6, 6.07) is 0. The van der Waals surface area contributed by atoms with Crippen LogP contribution < -0.4 is 5.32 Å². The Bertz CT molecular complexity index is 11.1. The molecule has 0 saturated heterocycles. The molecular weight excluding hydrogens is 62.1 g/mol. The Morgan fingerprint density at radius 1 is 1.80 bits per heavy atom. The van der Waals surface area contributed by atoms with E-state index >= 15 is 0 Å². The maximum Gasteiger partial charge on any atom is -0.00141 e. The topological polar surface area (TPSA) is 12.0 Å². The normalized spacial score (nSPS) is 8.40. The minimum atomic E-state index is 0.594. The van der Waals surface area contributed by atoms with Crippen molar-refractivity contribution in [2.45, 2.75) is 6.92 Å². The highest BCUT2D eigenvalue weighted by Gasteiger charge is 1.63. The van der Waals surface area contributed by atoms with E-state index in [9.17, 15) is 0 Å². The van der Waals surface area contributed by atoms with Crippen molar-refractivity contribution < 1.29 is 0 Å². The van der Waals surface area contributed by atoms with E-state index in [1.165, 1.54) is 0 Å². The van der Waals surface area contributed by atoms with E-state index in [0.29, 0.717) is 6.54 Å². The van der Waals surface area contributed by atoms with E-state index in [2.05, 4.69) is 5.32 Å². The largest absolute Gasteiger partial charge is 0.317 e. The molecular formula is C4H9N. The molecule has 30 valence electrons. The van der Waals surface area contributed by atoms with Crippen LogP contribution in [0.25, 0.3) is 0 Å². The quantitative estimate of drug-likeness (QED) is 0.494. The molecule has 0 fully saturated rings. The second-order valence-corrected chi connectivity index (χ2v) is 0.808. The van der Waals surface area contributed by atoms with Crippen molar-refractivity contribution in [1.29, 1.82) is 0 Å². The summed E-state index contributed by atoms with van der Waals surface area (Å²) in [6.45, 7) is 8.61. The predicted octanol–water partition coefficient (Wildman–Crippen LogP) is 0.307. The molecule has 1 nitrogen and oxygen atoms in total. The minimum Gasteiger partial charge on any atom is -0.317 e. The van der Waals surface area contributed by atoms with Gasteiger partial charge in [0.1, 0.15) is 0 Å². The van der Waals surface area contributed by atoms with Crippen molar-refractivity contribution in [2.24, 2.45) is 0 Å². The van der Waals surface area contributed by atoms with E-state index in [-0.39, 0.29) is 0 Å². The molecule has 5 heavy (non-hydrogen) atoms. The fourth-order valence-electron chi connectivity index (χ4n) is 0.144. The van der Waals surface area contributed by atoms with Crippen LogP contribution in [0.4, 0.5) is 0 Å². The van der Waals surface area contributed by atoms with Gasteiger partial charge in [0, 0.05) is 0 Å². The van der Waals surface area contributed by atoms with Crippen molar-refractivity contribution in [3.05, 3.63) is 6.92 Å². The fraction of sp³-hybridized carbons (Fsp3) is 0.750. The van der Waals surface area contributed by atoms with Gasteiger partial charge in [0.15, 0.2) is 0 Å². The van der Waals surface area contributed by atoms with Crippen LogP contribution in [-0.2, 0) is 0 Å². The average Bonchev–Trinajstić information content (AvgIpc) is 1.41. The highest BCUT2D eigenvalue weighted by atomic mass is 14.8. The molecule has 0 aliphatic rings. The average molecular weight is 71.1 g/mol. The van der Waals surface area contributed by atoms with Crippen LogP contribution in [0, 0.1) is 6.92 Å². The number of nitrogens with one attached hydrogen (secondary N) is 1. The van der Waals surface area contributed by atoms with E-state index in [1.807, 2.05) is 6.92 Å². The Morgan fingerprint density at radius 2 is 2.40 bits per heavy atom. The molecule has 0 aromatic carbocycles. The van der Waals surface area contributed by atoms with E-state index < -0.39 is 0 Å².